The molecule has 2 aromatic rings. The van der Waals surface area contributed by atoms with Crippen molar-refractivity contribution in [1.29, 1.82) is 0 Å². The largest absolute Gasteiger partial charge is 0.495 e. The normalized spacial score (nSPS) is 12.0. The zero-order valence-electron chi connectivity index (χ0n) is 11.4. The van der Waals surface area contributed by atoms with Crippen LogP contribution < -0.4 is 15.8 Å². The topological polar surface area (TPSA) is 106 Å². The highest BCUT2D eigenvalue weighted by Crippen LogP contribution is 2.29. The second-order valence-corrected chi connectivity index (χ2v) is 5.84. The SMILES string of the molecule is COc1ccc(Cl)cc1NC(=O)[C@H](C)Sc1n[nH]c(N)n1. The van der Waals surface area contributed by atoms with Crippen molar-refractivity contribution >= 4 is 40.9 Å². The van der Waals surface area contributed by atoms with Crippen molar-refractivity contribution in [2.75, 3.05) is 18.2 Å². The number of aromatic nitrogens is 3. The average Bonchev–Trinajstić information content (AvgIpc) is 2.84. The zero-order chi connectivity index (χ0) is 15.4. The number of nitrogens with zero attached hydrogens (tertiary/aromatic N) is 2. The van der Waals surface area contributed by atoms with Gasteiger partial charge >= 0.3 is 0 Å². The lowest BCUT2D eigenvalue weighted by atomic mass is 10.3. The lowest BCUT2D eigenvalue weighted by molar-refractivity contribution is -0.115. The Kier molecular flexibility index (Phi) is 4.92. The van der Waals surface area contributed by atoms with E-state index in [0.29, 0.717) is 21.6 Å². The van der Waals surface area contributed by atoms with Gasteiger partial charge in [0.05, 0.1) is 18.0 Å². The van der Waals surface area contributed by atoms with Crippen molar-refractivity contribution in [2.45, 2.75) is 17.3 Å². The molecule has 0 aliphatic carbocycles. The molecule has 2 rings (SSSR count). The Balaban J connectivity index is 2.05. The van der Waals surface area contributed by atoms with Crippen molar-refractivity contribution in [1.82, 2.24) is 15.2 Å². The molecular formula is C12H14ClN5O2S. The van der Waals surface area contributed by atoms with E-state index < -0.39 is 5.25 Å². The molecular weight excluding hydrogens is 314 g/mol. The lowest BCUT2D eigenvalue weighted by Crippen LogP contribution is -2.22. The van der Waals surface area contributed by atoms with Crippen LogP contribution in [0, 0.1) is 0 Å². The molecule has 21 heavy (non-hydrogen) atoms. The van der Waals surface area contributed by atoms with E-state index in [9.17, 15) is 4.79 Å². The van der Waals surface area contributed by atoms with Gasteiger partial charge in [0.2, 0.25) is 17.0 Å². The second-order valence-electron chi connectivity index (χ2n) is 4.10. The first-order valence-corrected chi connectivity index (χ1v) is 7.24. The predicted octanol–water partition coefficient (Wildman–Crippen LogP) is 2.17. The van der Waals surface area contributed by atoms with Crippen LogP contribution >= 0.6 is 23.4 Å². The molecule has 0 aliphatic heterocycles. The standard InChI is InChI=1S/C12H14ClN5O2S/c1-6(21-12-16-11(14)17-18-12)10(19)15-8-5-7(13)3-4-9(8)20-2/h3-6H,1-2H3,(H,15,19)(H3,14,16,17,18)/t6-/m0/s1. The molecule has 7 nitrogen and oxygen atoms in total. The summed E-state index contributed by atoms with van der Waals surface area (Å²) in [5.74, 6) is 0.526. The molecule has 4 N–H and O–H groups in total. The molecule has 112 valence electrons. The monoisotopic (exact) mass is 327 g/mol. The van der Waals surface area contributed by atoms with E-state index in [4.69, 9.17) is 22.1 Å². The number of methoxy groups -OCH3 is 1. The van der Waals surface area contributed by atoms with Crippen LogP contribution in [0.25, 0.3) is 0 Å². The number of carbonyl (C=O) groups excluding carboxylic acids is 1. The van der Waals surface area contributed by atoms with Gasteiger partial charge in [-0.1, -0.05) is 23.4 Å². The van der Waals surface area contributed by atoms with Crippen molar-refractivity contribution in [2.24, 2.45) is 0 Å². The zero-order valence-corrected chi connectivity index (χ0v) is 13.0. The molecule has 1 amide bonds. The van der Waals surface area contributed by atoms with Crippen molar-refractivity contribution in [3.63, 3.8) is 0 Å². The molecule has 0 unspecified atom stereocenters. The molecule has 0 bridgehead atoms. The smallest absolute Gasteiger partial charge is 0.237 e. The van der Waals surface area contributed by atoms with E-state index >= 15 is 0 Å². The maximum absolute atomic E-state index is 12.2. The molecule has 0 fully saturated rings. The highest BCUT2D eigenvalue weighted by Gasteiger charge is 2.18. The lowest BCUT2D eigenvalue weighted by Gasteiger charge is -2.13. The highest BCUT2D eigenvalue weighted by molar-refractivity contribution is 8.00. The number of hydrogen-bond donors (Lipinski definition) is 3. The third kappa shape index (κ3) is 4.02. The Bertz CT molecular complexity index is 648. The van der Waals surface area contributed by atoms with E-state index in [1.54, 1.807) is 25.1 Å². The number of nitrogens with two attached hydrogens (primary N) is 1. The Morgan fingerprint density at radius 2 is 2.33 bits per heavy atom. The predicted molar refractivity (Wildman–Crippen MR) is 82.7 cm³/mol. The summed E-state index contributed by atoms with van der Waals surface area (Å²) < 4.78 is 5.18. The van der Waals surface area contributed by atoms with Gasteiger partial charge in [-0.05, 0) is 25.1 Å². The number of benzene rings is 1. The minimum atomic E-state index is -0.413. The Hall–Kier alpha value is -1.93. The van der Waals surface area contributed by atoms with Crippen LogP contribution in [0.5, 0.6) is 5.75 Å². The average molecular weight is 328 g/mol. The number of nitrogens with one attached hydrogen (secondary N) is 2. The van der Waals surface area contributed by atoms with Gasteiger partial charge in [0.25, 0.3) is 0 Å². The number of aromatic amines is 1. The molecule has 0 spiro atoms. The molecule has 1 aromatic carbocycles. The Labute approximate surface area is 130 Å². The van der Waals surface area contributed by atoms with Gasteiger partial charge in [0, 0.05) is 5.02 Å². The molecule has 0 saturated carbocycles. The fourth-order valence-corrected chi connectivity index (χ4v) is 2.44. The van der Waals surface area contributed by atoms with E-state index in [-0.39, 0.29) is 11.9 Å². The van der Waals surface area contributed by atoms with Gasteiger partial charge in [-0.25, -0.2) is 5.10 Å². The highest BCUT2D eigenvalue weighted by atomic mass is 35.5. The number of nitrogen functional groups attached to an aromatic ring is 1. The first kappa shape index (κ1) is 15.5. The summed E-state index contributed by atoms with van der Waals surface area (Å²) in [6.07, 6.45) is 0. The van der Waals surface area contributed by atoms with Crippen LogP contribution in [0.1, 0.15) is 6.92 Å². The third-order valence-corrected chi connectivity index (χ3v) is 3.75. The van der Waals surface area contributed by atoms with E-state index in [0.717, 1.165) is 0 Å². The van der Waals surface area contributed by atoms with Crippen LogP contribution in [-0.2, 0) is 4.79 Å². The van der Waals surface area contributed by atoms with E-state index in [2.05, 4.69) is 20.5 Å². The second kappa shape index (κ2) is 6.68. The number of H-pyrrole nitrogens is 1. The summed E-state index contributed by atoms with van der Waals surface area (Å²) in [5, 5.41) is 9.65. The van der Waals surface area contributed by atoms with E-state index in [1.165, 1.54) is 18.9 Å². The van der Waals surface area contributed by atoms with Gasteiger partial charge in [0.1, 0.15) is 5.75 Å². The fourth-order valence-electron chi connectivity index (χ4n) is 1.53. The maximum atomic E-state index is 12.2. The van der Waals surface area contributed by atoms with Gasteiger partial charge < -0.3 is 15.8 Å². The van der Waals surface area contributed by atoms with E-state index in [1.807, 2.05) is 0 Å². The number of rotatable bonds is 5. The number of carbonyl (C=O) groups is 1. The van der Waals surface area contributed by atoms with Crippen molar-refractivity contribution in [3.8, 4) is 5.75 Å². The molecule has 1 aromatic heterocycles. The Morgan fingerprint density at radius 1 is 1.57 bits per heavy atom. The summed E-state index contributed by atoms with van der Waals surface area (Å²) >= 11 is 7.11. The number of amides is 1. The minimum Gasteiger partial charge on any atom is -0.495 e. The summed E-state index contributed by atoms with van der Waals surface area (Å²) in [6, 6.07) is 5.00. The molecule has 0 radical (unpaired) electrons. The van der Waals surface area contributed by atoms with Crippen LogP contribution in [0.3, 0.4) is 0 Å². The molecule has 0 aliphatic rings. The molecule has 9 heteroatoms. The molecule has 1 heterocycles. The minimum absolute atomic E-state index is 0.210. The fraction of sp³-hybridized carbons (Fsp3) is 0.250. The van der Waals surface area contributed by atoms with Crippen LogP contribution in [0.2, 0.25) is 5.02 Å². The number of halogens is 1. The number of thioether (sulfide) groups is 1. The first-order valence-electron chi connectivity index (χ1n) is 5.98. The quantitative estimate of drug-likeness (QED) is 0.727. The summed E-state index contributed by atoms with van der Waals surface area (Å²) in [4.78, 5) is 16.1. The molecule has 1 atom stereocenters. The number of ether oxygens (including phenoxy) is 1. The summed E-state index contributed by atoms with van der Waals surface area (Å²) in [5.41, 5.74) is 5.95. The Morgan fingerprint density at radius 3 is 2.95 bits per heavy atom. The van der Waals surface area contributed by atoms with Crippen LogP contribution in [0.15, 0.2) is 23.4 Å². The van der Waals surface area contributed by atoms with Gasteiger partial charge in [-0.15, -0.1) is 5.10 Å². The van der Waals surface area contributed by atoms with Crippen LogP contribution in [0.4, 0.5) is 11.6 Å². The van der Waals surface area contributed by atoms with Gasteiger partial charge in [-0.2, -0.15) is 4.98 Å². The first-order chi connectivity index (χ1) is 9.99. The van der Waals surface area contributed by atoms with Gasteiger partial charge in [-0.3, -0.25) is 4.79 Å². The third-order valence-electron chi connectivity index (χ3n) is 2.55. The summed E-state index contributed by atoms with van der Waals surface area (Å²) in [7, 11) is 1.52. The number of anilines is 2. The van der Waals surface area contributed by atoms with Crippen molar-refractivity contribution < 1.29 is 9.53 Å². The van der Waals surface area contributed by atoms with Crippen molar-refractivity contribution in [3.05, 3.63) is 23.2 Å². The molecule has 0 saturated heterocycles. The number of hydrogen-bond acceptors (Lipinski definition) is 6. The summed E-state index contributed by atoms with van der Waals surface area (Å²) in [6.45, 7) is 1.74. The van der Waals surface area contributed by atoms with Crippen LogP contribution in [-0.4, -0.2) is 33.4 Å². The van der Waals surface area contributed by atoms with Gasteiger partial charge in [0.15, 0.2) is 0 Å². The maximum Gasteiger partial charge on any atom is 0.237 e.